The Kier molecular flexibility index (Phi) is 3.51. The van der Waals surface area contributed by atoms with Crippen LogP contribution in [0.3, 0.4) is 0 Å². The quantitative estimate of drug-likeness (QED) is 0.674. The van der Waals surface area contributed by atoms with Gasteiger partial charge in [-0.3, -0.25) is 0 Å². The topological polar surface area (TPSA) is 23.5 Å². The summed E-state index contributed by atoms with van der Waals surface area (Å²) in [5, 5.41) is 10.2. The molecular formula is C11H21NO. The van der Waals surface area contributed by atoms with Gasteiger partial charge in [-0.05, 0) is 39.7 Å². The summed E-state index contributed by atoms with van der Waals surface area (Å²) in [6.07, 6.45) is 5.49. The molecule has 1 aliphatic rings. The van der Waals surface area contributed by atoms with Crippen LogP contribution in [0.15, 0.2) is 12.7 Å². The smallest absolute Gasteiger partial charge is 0.0677 e. The van der Waals surface area contributed by atoms with Gasteiger partial charge >= 0.3 is 0 Å². The normalized spacial score (nSPS) is 36.1. The summed E-state index contributed by atoms with van der Waals surface area (Å²) in [6.45, 7) is 6.88. The molecule has 2 nitrogen and oxygen atoms in total. The monoisotopic (exact) mass is 183 g/mol. The van der Waals surface area contributed by atoms with E-state index in [1.165, 1.54) is 0 Å². The first-order valence-corrected chi connectivity index (χ1v) is 5.11. The summed E-state index contributed by atoms with van der Waals surface area (Å²) >= 11 is 0. The van der Waals surface area contributed by atoms with E-state index in [0.717, 1.165) is 32.2 Å². The second-order valence-electron chi connectivity index (χ2n) is 4.34. The van der Waals surface area contributed by atoms with E-state index in [-0.39, 0.29) is 0 Å². The molecule has 1 N–H and O–H groups in total. The number of allylic oxidation sites excluding steroid dienone is 1. The Morgan fingerprint density at radius 1 is 1.69 bits per heavy atom. The standard InChI is InChI=1S/C11H21NO/c1-4-5-6-11(13)7-8-12(3)10(2)9-11/h4,10,13H,1,5-9H2,2-3H3. The molecule has 0 aromatic heterocycles. The fourth-order valence-corrected chi connectivity index (χ4v) is 2.01. The van der Waals surface area contributed by atoms with Crippen LogP contribution in [0.25, 0.3) is 0 Å². The van der Waals surface area contributed by atoms with Gasteiger partial charge in [0.05, 0.1) is 5.60 Å². The first-order valence-electron chi connectivity index (χ1n) is 5.11. The van der Waals surface area contributed by atoms with Crippen molar-refractivity contribution < 1.29 is 5.11 Å². The third-order valence-corrected chi connectivity index (χ3v) is 3.17. The zero-order chi connectivity index (χ0) is 9.90. The molecule has 1 saturated heterocycles. The highest BCUT2D eigenvalue weighted by Crippen LogP contribution is 2.29. The Labute approximate surface area is 81.2 Å². The van der Waals surface area contributed by atoms with Gasteiger partial charge in [-0.1, -0.05) is 6.08 Å². The fraction of sp³-hybridized carbons (Fsp3) is 0.818. The Morgan fingerprint density at radius 3 is 2.92 bits per heavy atom. The average Bonchev–Trinajstić information content (AvgIpc) is 2.09. The van der Waals surface area contributed by atoms with E-state index in [1.54, 1.807) is 0 Å². The van der Waals surface area contributed by atoms with Crippen LogP contribution in [-0.4, -0.2) is 35.2 Å². The summed E-state index contributed by atoms with van der Waals surface area (Å²) < 4.78 is 0. The van der Waals surface area contributed by atoms with E-state index in [4.69, 9.17) is 0 Å². The predicted molar refractivity (Wildman–Crippen MR) is 55.7 cm³/mol. The van der Waals surface area contributed by atoms with Crippen molar-refractivity contribution in [3.63, 3.8) is 0 Å². The van der Waals surface area contributed by atoms with Crippen LogP contribution in [0.2, 0.25) is 0 Å². The van der Waals surface area contributed by atoms with E-state index in [0.29, 0.717) is 6.04 Å². The lowest BCUT2D eigenvalue weighted by molar-refractivity contribution is -0.0411. The van der Waals surface area contributed by atoms with Crippen molar-refractivity contribution >= 4 is 0 Å². The number of rotatable bonds is 3. The van der Waals surface area contributed by atoms with Crippen molar-refractivity contribution in [1.29, 1.82) is 0 Å². The van der Waals surface area contributed by atoms with Crippen molar-refractivity contribution in [3.8, 4) is 0 Å². The fourth-order valence-electron chi connectivity index (χ4n) is 2.01. The maximum atomic E-state index is 10.2. The zero-order valence-corrected chi connectivity index (χ0v) is 8.79. The van der Waals surface area contributed by atoms with Crippen LogP contribution in [0.5, 0.6) is 0 Å². The second-order valence-corrected chi connectivity index (χ2v) is 4.34. The number of hydrogen-bond donors (Lipinski definition) is 1. The van der Waals surface area contributed by atoms with Gasteiger partial charge in [0.15, 0.2) is 0 Å². The second kappa shape index (κ2) is 4.25. The van der Waals surface area contributed by atoms with E-state index in [1.807, 2.05) is 6.08 Å². The number of nitrogens with zero attached hydrogens (tertiary/aromatic N) is 1. The molecule has 0 bridgehead atoms. The Balaban J connectivity index is 2.46. The Hall–Kier alpha value is -0.340. The van der Waals surface area contributed by atoms with Crippen molar-refractivity contribution in [2.45, 2.75) is 44.2 Å². The number of hydrogen-bond acceptors (Lipinski definition) is 2. The molecule has 0 radical (unpaired) electrons. The molecule has 0 aliphatic carbocycles. The lowest BCUT2D eigenvalue weighted by Gasteiger charge is -2.41. The third kappa shape index (κ3) is 2.82. The molecule has 0 amide bonds. The SMILES string of the molecule is C=CCCC1(O)CCN(C)C(C)C1. The minimum absolute atomic E-state index is 0.430. The summed E-state index contributed by atoms with van der Waals surface area (Å²) in [4.78, 5) is 2.31. The van der Waals surface area contributed by atoms with Crippen molar-refractivity contribution in [2.75, 3.05) is 13.6 Å². The molecule has 0 aromatic rings. The average molecular weight is 183 g/mol. The van der Waals surface area contributed by atoms with Gasteiger partial charge in [-0.15, -0.1) is 6.58 Å². The van der Waals surface area contributed by atoms with E-state index < -0.39 is 5.60 Å². The number of piperidine rings is 1. The van der Waals surface area contributed by atoms with Gasteiger partial charge in [-0.25, -0.2) is 0 Å². The van der Waals surface area contributed by atoms with E-state index in [2.05, 4.69) is 25.5 Å². The molecule has 0 spiro atoms. The first-order chi connectivity index (χ1) is 6.07. The Bertz CT molecular complexity index is 181. The Morgan fingerprint density at radius 2 is 2.38 bits per heavy atom. The summed E-state index contributed by atoms with van der Waals surface area (Å²) in [7, 11) is 2.12. The lowest BCUT2D eigenvalue weighted by Crippen LogP contribution is -2.47. The summed E-state index contributed by atoms with van der Waals surface area (Å²) in [5.41, 5.74) is -0.430. The maximum Gasteiger partial charge on any atom is 0.0677 e. The highest BCUT2D eigenvalue weighted by Gasteiger charge is 2.33. The lowest BCUT2D eigenvalue weighted by atomic mass is 9.84. The van der Waals surface area contributed by atoms with Crippen LogP contribution >= 0.6 is 0 Å². The molecule has 1 aliphatic heterocycles. The van der Waals surface area contributed by atoms with Crippen molar-refractivity contribution in [1.82, 2.24) is 4.90 Å². The van der Waals surface area contributed by atoms with Gasteiger partial charge in [-0.2, -0.15) is 0 Å². The molecule has 2 unspecified atom stereocenters. The van der Waals surface area contributed by atoms with Crippen LogP contribution in [0, 0.1) is 0 Å². The molecule has 76 valence electrons. The van der Waals surface area contributed by atoms with Gasteiger partial charge in [0, 0.05) is 12.6 Å². The van der Waals surface area contributed by atoms with Crippen molar-refractivity contribution in [3.05, 3.63) is 12.7 Å². The van der Waals surface area contributed by atoms with Gasteiger partial charge in [0.2, 0.25) is 0 Å². The van der Waals surface area contributed by atoms with Crippen molar-refractivity contribution in [2.24, 2.45) is 0 Å². The molecule has 0 aromatic carbocycles. The summed E-state index contributed by atoms with van der Waals surface area (Å²) in [6, 6.07) is 0.503. The molecule has 2 atom stereocenters. The maximum absolute atomic E-state index is 10.2. The van der Waals surface area contributed by atoms with Crippen LogP contribution < -0.4 is 0 Å². The highest BCUT2D eigenvalue weighted by molar-refractivity contribution is 4.90. The largest absolute Gasteiger partial charge is 0.390 e. The summed E-state index contributed by atoms with van der Waals surface area (Å²) in [5.74, 6) is 0. The molecule has 2 heteroatoms. The van der Waals surface area contributed by atoms with Crippen LogP contribution in [0.4, 0.5) is 0 Å². The molecule has 1 fully saturated rings. The third-order valence-electron chi connectivity index (χ3n) is 3.17. The number of aliphatic hydroxyl groups is 1. The zero-order valence-electron chi connectivity index (χ0n) is 8.79. The predicted octanol–water partition coefficient (Wildman–Crippen LogP) is 1.80. The molecular weight excluding hydrogens is 162 g/mol. The van der Waals surface area contributed by atoms with Crippen LogP contribution in [-0.2, 0) is 0 Å². The van der Waals surface area contributed by atoms with Gasteiger partial charge < -0.3 is 10.0 Å². The van der Waals surface area contributed by atoms with Gasteiger partial charge in [0.1, 0.15) is 0 Å². The van der Waals surface area contributed by atoms with Gasteiger partial charge in [0.25, 0.3) is 0 Å². The molecule has 0 saturated carbocycles. The first kappa shape index (κ1) is 10.7. The minimum atomic E-state index is -0.430. The van der Waals surface area contributed by atoms with E-state index in [9.17, 15) is 5.11 Å². The molecule has 1 rings (SSSR count). The van der Waals surface area contributed by atoms with E-state index >= 15 is 0 Å². The highest BCUT2D eigenvalue weighted by atomic mass is 16.3. The molecule has 1 heterocycles. The molecule has 13 heavy (non-hydrogen) atoms. The minimum Gasteiger partial charge on any atom is -0.390 e. The van der Waals surface area contributed by atoms with Crippen LogP contribution in [0.1, 0.15) is 32.6 Å². The number of likely N-dealkylation sites (tertiary alicyclic amines) is 1.